The monoisotopic (exact) mass is 203 g/mol. The zero-order valence-corrected chi connectivity index (χ0v) is 9.66. The molecule has 0 aromatic rings. The molecular weight excluding hydrogens is 181 g/mol. The van der Waals surface area contributed by atoms with Crippen LogP contribution in [0.15, 0.2) is 0 Å². The van der Waals surface area contributed by atoms with Crippen molar-refractivity contribution in [3.8, 4) is 0 Å². The van der Waals surface area contributed by atoms with E-state index in [1.807, 2.05) is 20.8 Å². The summed E-state index contributed by atoms with van der Waals surface area (Å²) >= 11 is 0. The average Bonchev–Trinajstić information content (AvgIpc) is 2.45. The lowest BCUT2D eigenvalue weighted by Gasteiger charge is -2.29. The second-order valence-electron chi connectivity index (χ2n) is 4.38. The van der Waals surface area contributed by atoms with Gasteiger partial charge in [-0.25, -0.2) is 4.39 Å². The Hall–Kier alpha value is -0.150. The van der Waals surface area contributed by atoms with Crippen molar-refractivity contribution in [3.05, 3.63) is 0 Å². The fourth-order valence-corrected chi connectivity index (χ4v) is 2.25. The molecule has 0 saturated carbocycles. The van der Waals surface area contributed by atoms with Gasteiger partial charge in [-0.2, -0.15) is 0 Å². The van der Waals surface area contributed by atoms with Crippen LogP contribution in [-0.4, -0.2) is 42.4 Å². The molecule has 0 bridgehead atoms. The Labute approximate surface area is 86.4 Å². The van der Waals surface area contributed by atoms with Crippen LogP contribution in [0, 0.1) is 0 Å². The largest absolute Gasteiger partial charge is 0.374 e. The van der Waals surface area contributed by atoms with Crippen molar-refractivity contribution in [1.82, 2.24) is 4.90 Å². The predicted octanol–water partition coefficient (Wildman–Crippen LogP) is 2.23. The van der Waals surface area contributed by atoms with Gasteiger partial charge in [-0.05, 0) is 33.7 Å². The molecule has 0 aromatic carbocycles. The van der Waals surface area contributed by atoms with Crippen LogP contribution in [0.4, 0.5) is 4.39 Å². The number of likely N-dealkylation sites (tertiary alicyclic amines) is 1. The van der Waals surface area contributed by atoms with Gasteiger partial charge in [-0.15, -0.1) is 0 Å². The van der Waals surface area contributed by atoms with E-state index in [4.69, 9.17) is 4.74 Å². The molecule has 1 heterocycles. The van der Waals surface area contributed by atoms with Gasteiger partial charge >= 0.3 is 0 Å². The molecule has 3 heteroatoms. The highest BCUT2D eigenvalue weighted by atomic mass is 19.1. The van der Waals surface area contributed by atoms with Crippen LogP contribution in [0.25, 0.3) is 0 Å². The summed E-state index contributed by atoms with van der Waals surface area (Å²) < 4.78 is 18.9. The minimum Gasteiger partial charge on any atom is -0.374 e. The normalized spacial score (nSPS) is 31.3. The molecule has 1 rings (SSSR count). The second-order valence-corrected chi connectivity index (χ2v) is 4.38. The quantitative estimate of drug-likeness (QED) is 0.694. The molecule has 1 saturated heterocycles. The summed E-state index contributed by atoms with van der Waals surface area (Å²) in [5.41, 5.74) is 0. The summed E-state index contributed by atoms with van der Waals surface area (Å²) in [4.78, 5) is 2.18. The number of halogens is 1. The zero-order chi connectivity index (χ0) is 10.7. The Balaban J connectivity index is 2.48. The number of rotatable bonds is 4. The summed E-state index contributed by atoms with van der Waals surface area (Å²) in [6.07, 6.45) is 0.318. The summed E-state index contributed by atoms with van der Waals surface area (Å²) in [7, 11) is 0. The van der Waals surface area contributed by atoms with Crippen LogP contribution in [0.5, 0.6) is 0 Å². The standard InChI is InChI=1S/C11H22FNO/c1-5-13-7-10(12)6-11(13)9(4)14-8(2)3/h8-11H,5-7H2,1-4H3/t9?,10-,11+/m1/s1. The first kappa shape index (κ1) is 11.9. The fourth-order valence-electron chi connectivity index (χ4n) is 2.25. The first-order valence-corrected chi connectivity index (χ1v) is 5.58. The molecule has 3 atom stereocenters. The molecule has 0 aliphatic carbocycles. The van der Waals surface area contributed by atoms with Gasteiger partial charge in [0.1, 0.15) is 6.17 Å². The van der Waals surface area contributed by atoms with Gasteiger partial charge in [0.05, 0.1) is 12.2 Å². The molecule has 0 aromatic heterocycles. The van der Waals surface area contributed by atoms with E-state index < -0.39 is 6.17 Å². The van der Waals surface area contributed by atoms with E-state index in [-0.39, 0.29) is 18.2 Å². The van der Waals surface area contributed by atoms with E-state index >= 15 is 0 Å². The fraction of sp³-hybridized carbons (Fsp3) is 1.00. The van der Waals surface area contributed by atoms with Crippen molar-refractivity contribution in [2.24, 2.45) is 0 Å². The van der Waals surface area contributed by atoms with Crippen LogP contribution in [0.3, 0.4) is 0 Å². The maximum atomic E-state index is 13.2. The molecule has 0 spiro atoms. The first-order valence-electron chi connectivity index (χ1n) is 5.58. The topological polar surface area (TPSA) is 12.5 Å². The molecule has 0 radical (unpaired) electrons. The third-order valence-corrected chi connectivity index (χ3v) is 2.83. The van der Waals surface area contributed by atoms with Gasteiger partial charge in [0, 0.05) is 12.6 Å². The minimum atomic E-state index is -0.668. The van der Waals surface area contributed by atoms with Crippen LogP contribution < -0.4 is 0 Å². The Kier molecular flexibility index (Phi) is 4.32. The highest BCUT2D eigenvalue weighted by Gasteiger charge is 2.35. The van der Waals surface area contributed by atoms with Crippen LogP contribution in [-0.2, 0) is 4.74 Å². The van der Waals surface area contributed by atoms with Crippen molar-refractivity contribution in [1.29, 1.82) is 0 Å². The molecule has 1 unspecified atom stereocenters. The smallest absolute Gasteiger partial charge is 0.114 e. The van der Waals surface area contributed by atoms with Crippen molar-refractivity contribution in [2.75, 3.05) is 13.1 Å². The molecule has 0 N–H and O–H groups in total. The molecular formula is C11H22FNO. The van der Waals surface area contributed by atoms with E-state index in [0.29, 0.717) is 13.0 Å². The van der Waals surface area contributed by atoms with Crippen molar-refractivity contribution < 1.29 is 9.13 Å². The lowest BCUT2D eigenvalue weighted by Crippen LogP contribution is -2.39. The number of ether oxygens (including phenoxy) is 1. The Morgan fingerprint density at radius 1 is 1.43 bits per heavy atom. The first-order chi connectivity index (χ1) is 6.54. The van der Waals surface area contributed by atoms with Crippen molar-refractivity contribution >= 4 is 0 Å². The summed E-state index contributed by atoms with van der Waals surface area (Å²) in [6, 6.07) is 0.261. The van der Waals surface area contributed by atoms with E-state index in [1.54, 1.807) is 0 Å². The molecule has 1 aliphatic rings. The highest BCUT2D eigenvalue weighted by Crippen LogP contribution is 2.24. The zero-order valence-electron chi connectivity index (χ0n) is 9.66. The Bertz CT molecular complexity index is 175. The summed E-state index contributed by atoms with van der Waals surface area (Å²) in [6.45, 7) is 9.66. The number of likely N-dealkylation sites (N-methyl/N-ethyl adjacent to an activating group) is 1. The molecule has 1 aliphatic heterocycles. The van der Waals surface area contributed by atoms with E-state index in [2.05, 4.69) is 11.8 Å². The molecule has 1 fully saturated rings. The second kappa shape index (κ2) is 5.08. The maximum absolute atomic E-state index is 13.2. The van der Waals surface area contributed by atoms with Gasteiger partial charge < -0.3 is 4.74 Å². The van der Waals surface area contributed by atoms with Gasteiger partial charge in [0.2, 0.25) is 0 Å². The summed E-state index contributed by atoms with van der Waals surface area (Å²) in [5.74, 6) is 0. The predicted molar refractivity (Wildman–Crippen MR) is 56.2 cm³/mol. The third-order valence-electron chi connectivity index (χ3n) is 2.83. The van der Waals surface area contributed by atoms with Crippen LogP contribution >= 0.6 is 0 Å². The van der Waals surface area contributed by atoms with Gasteiger partial charge in [-0.3, -0.25) is 4.90 Å². The third kappa shape index (κ3) is 2.92. The van der Waals surface area contributed by atoms with Gasteiger partial charge in [0.25, 0.3) is 0 Å². The summed E-state index contributed by atoms with van der Waals surface area (Å²) in [5, 5.41) is 0. The van der Waals surface area contributed by atoms with Gasteiger partial charge in [0.15, 0.2) is 0 Å². The lowest BCUT2D eigenvalue weighted by atomic mass is 10.1. The molecule has 14 heavy (non-hydrogen) atoms. The van der Waals surface area contributed by atoms with Crippen LogP contribution in [0.1, 0.15) is 34.1 Å². The molecule has 84 valence electrons. The number of alkyl halides is 1. The maximum Gasteiger partial charge on any atom is 0.114 e. The van der Waals surface area contributed by atoms with E-state index in [1.165, 1.54) is 0 Å². The van der Waals surface area contributed by atoms with E-state index in [9.17, 15) is 4.39 Å². The molecule has 2 nitrogen and oxygen atoms in total. The lowest BCUT2D eigenvalue weighted by molar-refractivity contribution is -0.0240. The molecule has 0 amide bonds. The van der Waals surface area contributed by atoms with Crippen LogP contribution in [0.2, 0.25) is 0 Å². The Morgan fingerprint density at radius 3 is 2.57 bits per heavy atom. The minimum absolute atomic E-state index is 0.135. The van der Waals surface area contributed by atoms with E-state index in [0.717, 1.165) is 6.54 Å². The number of hydrogen-bond acceptors (Lipinski definition) is 2. The average molecular weight is 203 g/mol. The SMILES string of the molecule is CCN1C[C@H](F)C[C@H]1C(C)OC(C)C. The van der Waals surface area contributed by atoms with Crippen molar-refractivity contribution in [3.63, 3.8) is 0 Å². The Morgan fingerprint density at radius 2 is 2.07 bits per heavy atom. The van der Waals surface area contributed by atoms with Gasteiger partial charge in [-0.1, -0.05) is 6.92 Å². The highest BCUT2D eigenvalue weighted by molar-refractivity contribution is 4.88. The number of hydrogen-bond donors (Lipinski definition) is 0. The number of nitrogens with zero attached hydrogens (tertiary/aromatic N) is 1. The van der Waals surface area contributed by atoms with Crippen molar-refractivity contribution in [2.45, 2.75) is 58.5 Å².